The smallest absolute Gasteiger partial charge is 0.0595 e. The van der Waals surface area contributed by atoms with E-state index in [4.69, 9.17) is 28.3 Å². The second-order valence-corrected chi connectivity index (χ2v) is 4.21. The van der Waals surface area contributed by atoms with Crippen molar-refractivity contribution >= 4 is 48.0 Å². The second-order valence-electron chi connectivity index (χ2n) is 3.40. The van der Waals surface area contributed by atoms with Crippen LogP contribution in [0.2, 0.25) is 10.0 Å². The van der Waals surface area contributed by atoms with Crippen molar-refractivity contribution in [1.29, 1.82) is 0 Å². The molecular weight excluding hydrogens is 318 g/mol. The maximum absolute atomic E-state index is 8.55. The van der Waals surface area contributed by atoms with Crippen molar-refractivity contribution in [1.82, 2.24) is 10.6 Å². The van der Waals surface area contributed by atoms with Crippen molar-refractivity contribution in [2.75, 3.05) is 26.2 Å². The minimum absolute atomic E-state index is 0. The number of rotatable bonds is 7. The Labute approximate surface area is 130 Å². The standard InChI is InChI=1S/C11H16Cl2N2O.2ClH/c12-10-2-1-9(7-11(10)13)8-15-4-3-14-5-6-16;;/h1-2,7,14-16H,3-6,8H2;2*1H. The Balaban J connectivity index is 0. The van der Waals surface area contributed by atoms with Crippen LogP contribution in [0.5, 0.6) is 0 Å². The first-order valence-electron chi connectivity index (χ1n) is 5.20. The molecule has 1 aromatic carbocycles. The SMILES string of the molecule is Cl.Cl.OCCNCCNCc1ccc(Cl)c(Cl)c1. The lowest BCUT2D eigenvalue weighted by atomic mass is 10.2. The third kappa shape index (κ3) is 8.38. The van der Waals surface area contributed by atoms with E-state index < -0.39 is 0 Å². The Morgan fingerprint density at radius 1 is 0.944 bits per heavy atom. The van der Waals surface area contributed by atoms with Gasteiger partial charge in [0.25, 0.3) is 0 Å². The number of benzene rings is 1. The zero-order valence-corrected chi connectivity index (χ0v) is 12.9. The van der Waals surface area contributed by atoms with Gasteiger partial charge in [0.05, 0.1) is 16.7 Å². The molecule has 0 saturated heterocycles. The number of aliphatic hydroxyl groups is 1. The molecule has 0 aliphatic carbocycles. The molecule has 18 heavy (non-hydrogen) atoms. The van der Waals surface area contributed by atoms with Crippen LogP contribution in [0.15, 0.2) is 18.2 Å². The van der Waals surface area contributed by atoms with E-state index in [0.717, 1.165) is 25.2 Å². The summed E-state index contributed by atoms with van der Waals surface area (Å²) in [4.78, 5) is 0. The molecule has 0 saturated carbocycles. The van der Waals surface area contributed by atoms with Crippen molar-refractivity contribution < 1.29 is 5.11 Å². The number of aliphatic hydroxyl groups excluding tert-OH is 1. The maximum atomic E-state index is 8.55. The van der Waals surface area contributed by atoms with Crippen molar-refractivity contribution in [3.8, 4) is 0 Å². The van der Waals surface area contributed by atoms with Gasteiger partial charge >= 0.3 is 0 Å². The topological polar surface area (TPSA) is 44.3 Å². The van der Waals surface area contributed by atoms with Crippen molar-refractivity contribution in [2.24, 2.45) is 0 Å². The van der Waals surface area contributed by atoms with E-state index in [0.29, 0.717) is 16.6 Å². The summed E-state index contributed by atoms with van der Waals surface area (Å²) in [5, 5.41) is 16.1. The molecule has 0 aliphatic heterocycles. The summed E-state index contributed by atoms with van der Waals surface area (Å²) in [5.74, 6) is 0. The fraction of sp³-hybridized carbons (Fsp3) is 0.455. The Kier molecular flexibility index (Phi) is 14.1. The average Bonchev–Trinajstić information content (AvgIpc) is 2.28. The first kappa shape index (κ1) is 20.6. The van der Waals surface area contributed by atoms with Crippen LogP contribution >= 0.6 is 48.0 Å². The van der Waals surface area contributed by atoms with Crippen LogP contribution in [-0.4, -0.2) is 31.3 Å². The molecule has 1 rings (SSSR count). The number of nitrogens with one attached hydrogen (secondary N) is 2. The molecule has 0 aliphatic rings. The molecule has 0 spiro atoms. The van der Waals surface area contributed by atoms with Crippen LogP contribution in [0.4, 0.5) is 0 Å². The first-order valence-corrected chi connectivity index (χ1v) is 5.96. The van der Waals surface area contributed by atoms with Gasteiger partial charge in [-0.1, -0.05) is 29.3 Å². The summed E-state index contributed by atoms with van der Waals surface area (Å²) in [7, 11) is 0. The van der Waals surface area contributed by atoms with E-state index in [-0.39, 0.29) is 31.4 Å². The fourth-order valence-electron chi connectivity index (χ4n) is 1.26. The van der Waals surface area contributed by atoms with Gasteiger partial charge in [-0.25, -0.2) is 0 Å². The van der Waals surface area contributed by atoms with Crippen molar-refractivity contribution in [3.63, 3.8) is 0 Å². The molecule has 0 bridgehead atoms. The van der Waals surface area contributed by atoms with E-state index in [1.807, 2.05) is 12.1 Å². The number of halogens is 4. The van der Waals surface area contributed by atoms with E-state index in [1.54, 1.807) is 6.07 Å². The van der Waals surface area contributed by atoms with Gasteiger partial charge in [0.1, 0.15) is 0 Å². The molecule has 0 amide bonds. The third-order valence-electron chi connectivity index (χ3n) is 2.08. The Hall–Kier alpha value is 0.260. The zero-order valence-electron chi connectivity index (χ0n) is 9.79. The molecule has 106 valence electrons. The van der Waals surface area contributed by atoms with Gasteiger partial charge in [0.2, 0.25) is 0 Å². The maximum Gasteiger partial charge on any atom is 0.0595 e. The monoisotopic (exact) mass is 334 g/mol. The van der Waals surface area contributed by atoms with Crippen molar-refractivity contribution in [2.45, 2.75) is 6.54 Å². The van der Waals surface area contributed by atoms with Gasteiger partial charge < -0.3 is 15.7 Å². The summed E-state index contributed by atoms with van der Waals surface area (Å²) in [6.45, 7) is 3.25. The highest BCUT2D eigenvalue weighted by Crippen LogP contribution is 2.22. The minimum atomic E-state index is 0. The van der Waals surface area contributed by atoms with Crippen LogP contribution in [0, 0.1) is 0 Å². The normalized spacial score (nSPS) is 9.50. The molecular formula is C11H18Cl4N2O. The quantitative estimate of drug-likeness (QED) is 0.671. The number of hydrogen-bond acceptors (Lipinski definition) is 3. The molecule has 0 heterocycles. The van der Waals surface area contributed by atoms with Gasteiger partial charge in [-0.15, -0.1) is 24.8 Å². The molecule has 7 heteroatoms. The molecule has 0 fully saturated rings. The highest BCUT2D eigenvalue weighted by Gasteiger charge is 1.98. The summed E-state index contributed by atoms with van der Waals surface area (Å²) >= 11 is 11.7. The molecule has 0 unspecified atom stereocenters. The van der Waals surface area contributed by atoms with E-state index in [9.17, 15) is 0 Å². The van der Waals surface area contributed by atoms with Gasteiger partial charge in [-0.3, -0.25) is 0 Å². The molecule has 3 N–H and O–H groups in total. The van der Waals surface area contributed by atoms with E-state index in [1.165, 1.54) is 0 Å². The molecule has 0 aromatic heterocycles. The largest absolute Gasteiger partial charge is 0.395 e. The predicted octanol–water partition coefficient (Wildman–Crippen LogP) is 2.51. The molecule has 0 radical (unpaired) electrons. The van der Waals surface area contributed by atoms with Gasteiger partial charge in [0, 0.05) is 26.2 Å². The van der Waals surface area contributed by atoms with Crippen LogP contribution in [-0.2, 0) is 6.54 Å². The lowest BCUT2D eigenvalue weighted by Crippen LogP contribution is -2.28. The Morgan fingerprint density at radius 3 is 2.22 bits per heavy atom. The number of hydrogen-bond donors (Lipinski definition) is 3. The van der Waals surface area contributed by atoms with Crippen molar-refractivity contribution in [3.05, 3.63) is 33.8 Å². The van der Waals surface area contributed by atoms with Crippen LogP contribution in [0.25, 0.3) is 0 Å². The summed E-state index contributed by atoms with van der Waals surface area (Å²) in [6, 6.07) is 5.60. The zero-order chi connectivity index (χ0) is 11.8. The first-order chi connectivity index (χ1) is 7.74. The van der Waals surface area contributed by atoms with Crippen LogP contribution in [0.1, 0.15) is 5.56 Å². The molecule has 3 nitrogen and oxygen atoms in total. The summed E-state index contributed by atoms with van der Waals surface area (Å²) in [5.41, 5.74) is 1.11. The highest BCUT2D eigenvalue weighted by molar-refractivity contribution is 6.42. The van der Waals surface area contributed by atoms with E-state index in [2.05, 4.69) is 10.6 Å². The van der Waals surface area contributed by atoms with Crippen LogP contribution < -0.4 is 10.6 Å². The average molecular weight is 336 g/mol. The highest BCUT2D eigenvalue weighted by atomic mass is 35.5. The fourth-order valence-corrected chi connectivity index (χ4v) is 1.58. The minimum Gasteiger partial charge on any atom is -0.395 e. The van der Waals surface area contributed by atoms with E-state index >= 15 is 0 Å². The van der Waals surface area contributed by atoms with Gasteiger partial charge in [0.15, 0.2) is 0 Å². The van der Waals surface area contributed by atoms with Crippen LogP contribution in [0.3, 0.4) is 0 Å². The Bertz CT molecular complexity index is 326. The van der Waals surface area contributed by atoms with Gasteiger partial charge in [-0.05, 0) is 17.7 Å². The van der Waals surface area contributed by atoms with Gasteiger partial charge in [-0.2, -0.15) is 0 Å². The lowest BCUT2D eigenvalue weighted by Gasteiger charge is -2.06. The third-order valence-corrected chi connectivity index (χ3v) is 2.82. The second kappa shape index (κ2) is 12.3. The molecule has 0 atom stereocenters. The summed E-state index contributed by atoms with van der Waals surface area (Å²) < 4.78 is 0. The lowest BCUT2D eigenvalue weighted by molar-refractivity contribution is 0.292. The summed E-state index contributed by atoms with van der Waals surface area (Å²) in [6.07, 6.45) is 0. The predicted molar refractivity (Wildman–Crippen MR) is 82.6 cm³/mol. The Morgan fingerprint density at radius 2 is 1.61 bits per heavy atom. The molecule has 1 aromatic rings.